The lowest BCUT2D eigenvalue weighted by molar-refractivity contribution is 0.0819. The molecule has 0 unspecified atom stereocenters. The van der Waals surface area contributed by atoms with Gasteiger partial charge in [-0.15, -0.1) is 11.3 Å². The second-order valence-corrected chi connectivity index (χ2v) is 9.21. The van der Waals surface area contributed by atoms with E-state index in [0.717, 1.165) is 42.1 Å². The van der Waals surface area contributed by atoms with Gasteiger partial charge in [-0.05, 0) is 56.5 Å². The fraction of sp³-hybridized carbons (Fsp3) is 0.333. The molecule has 5 nitrogen and oxygen atoms in total. The van der Waals surface area contributed by atoms with Crippen molar-refractivity contribution in [3.63, 3.8) is 0 Å². The molecular formula is C21H22Cl2N4OS. The maximum Gasteiger partial charge on any atom is 0.286 e. The zero-order valence-corrected chi connectivity index (χ0v) is 18.7. The SMILES string of the molecule is CCc1c(C(=O)NN2CCCC2)nn(-c2ccc(Cl)cc2Cl)c1-c1ccc(C)s1. The van der Waals surface area contributed by atoms with Crippen LogP contribution in [0.3, 0.4) is 0 Å². The van der Waals surface area contributed by atoms with Gasteiger partial charge < -0.3 is 0 Å². The highest BCUT2D eigenvalue weighted by molar-refractivity contribution is 7.15. The van der Waals surface area contributed by atoms with E-state index in [2.05, 4.69) is 24.5 Å². The van der Waals surface area contributed by atoms with Crippen molar-refractivity contribution in [1.29, 1.82) is 0 Å². The van der Waals surface area contributed by atoms with Crippen molar-refractivity contribution in [2.75, 3.05) is 13.1 Å². The number of hydrazine groups is 1. The lowest BCUT2D eigenvalue weighted by Crippen LogP contribution is -2.40. The molecular weight excluding hydrogens is 427 g/mol. The number of carbonyl (C=O) groups excluding carboxylic acids is 1. The summed E-state index contributed by atoms with van der Waals surface area (Å²) in [7, 11) is 0. The van der Waals surface area contributed by atoms with Gasteiger partial charge >= 0.3 is 0 Å². The molecule has 0 saturated carbocycles. The Bertz CT molecular complexity index is 1050. The Morgan fingerprint density at radius 3 is 2.59 bits per heavy atom. The lowest BCUT2D eigenvalue weighted by atomic mass is 10.1. The second-order valence-electron chi connectivity index (χ2n) is 7.08. The average molecular weight is 449 g/mol. The summed E-state index contributed by atoms with van der Waals surface area (Å²) in [4.78, 5) is 15.3. The van der Waals surface area contributed by atoms with E-state index in [1.807, 2.05) is 18.0 Å². The molecule has 1 aliphatic heterocycles. The molecule has 152 valence electrons. The summed E-state index contributed by atoms with van der Waals surface area (Å²) in [6.45, 7) is 5.85. The number of halogens is 2. The van der Waals surface area contributed by atoms with E-state index in [0.29, 0.717) is 27.8 Å². The number of rotatable bonds is 5. The van der Waals surface area contributed by atoms with Gasteiger partial charge in [0, 0.05) is 28.6 Å². The van der Waals surface area contributed by atoms with Gasteiger partial charge in [-0.25, -0.2) is 9.69 Å². The van der Waals surface area contributed by atoms with E-state index < -0.39 is 0 Å². The summed E-state index contributed by atoms with van der Waals surface area (Å²) in [6, 6.07) is 9.45. The van der Waals surface area contributed by atoms with Crippen LogP contribution in [0.4, 0.5) is 0 Å². The van der Waals surface area contributed by atoms with E-state index in [4.69, 9.17) is 28.3 Å². The van der Waals surface area contributed by atoms with Gasteiger partial charge in [-0.2, -0.15) is 5.10 Å². The molecule has 2 aromatic heterocycles. The number of aromatic nitrogens is 2. The number of carbonyl (C=O) groups is 1. The number of nitrogens with zero attached hydrogens (tertiary/aromatic N) is 3. The number of benzene rings is 1. The molecule has 1 N–H and O–H groups in total. The molecule has 0 atom stereocenters. The van der Waals surface area contributed by atoms with Crippen molar-refractivity contribution in [3.05, 3.63) is 56.5 Å². The molecule has 1 saturated heterocycles. The van der Waals surface area contributed by atoms with Crippen molar-refractivity contribution in [1.82, 2.24) is 20.2 Å². The third-order valence-corrected chi connectivity index (χ3v) is 6.57. The summed E-state index contributed by atoms with van der Waals surface area (Å²) < 4.78 is 1.78. The zero-order valence-electron chi connectivity index (χ0n) is 16.3. The van der Waals surface area contributed by atoms with Crippen LogP contribution >= 0.6 is 34.5 Å². The fourth-order valence-electron chi connectivity index (χ4n) is 3.64. The molecule has 29 heavy (non-hydrogen) atoms. The lowest BCUT2D eigenvalue weighted by Gasteiger charge is -2.15. The van der Waals surface area contributed by atoms with Crippen LogP contribution in [-0.4, -0.2) is 33.8 Å². The molecule has 1 aliphatic rings. The fourth-order valence-corrected chi connectivity index (χ4v) is 5.05. The van der Waals surface area contributed by atoms with Gasteiger partial charge in [-0.3, -0.25) is 10.2 Å². The highest BCUT2D eigenvalue weighted by Gasteiger charge is 2.27. The zero-order chi connectivity index (χ0) is 20.5. The van der Waals surface area contributed by atoms with E-state index in [1.54, 1.807) is 28.2 Å². The highest BCUT2D eigenvalue weighted by atomic mass is 35.5. The molecule has 1 fully saturated rings. The first-order valence-electron chi connectivity index (χ1n) is 9.68. The predicted molar refractivity (Wildman–Crippen MR) is 119 cm³/mol. The van der Waals surface area contributed by atoms with E-state index in [1.165, 1.54) is 4.88 Å². The van der Waals surface area contributed by atoms with E-state index in [-0.39, 0.29) is 5.91 Å². The number of amides is 1. The quantitative estimate of drug-likeness (QED) is 0.558. The average Bonchev–Trinajstić information content (AvgIpc) is 3.41. The smallest absolute Gasteiger partial charge is 0.283 e. The van der Waals surface area contributed by atoms with Crippen LogP contribution in [0.5, 0.6) is 0 Å². The largest absolute Gasteiger partial charge is 0.286 e. The minimum absolute atomic E-state index is 0.179. The maximum absolute atomic E-state index is 13.1. The normalized spacial score (nSPS) is 14.5. The number of hydrogen-bond donors (Lipinski definition) is 1. The van der Waals surface area contributed by atoms with Gasteiger partial charge in [0.1, 0.15) is 0 Å². The molecule has 0 spiro atoms. The first-order valence-corrected chi connectivity index (χ1v) is 11.2. The van der Waals surface area contributed by atoms with Crippen LogP contribution in [0, 0.1) is 6.92 Å². The van der Waals surface area contributed by atoms with Crippen molar-refractivity contribution in [2.24, 2.45) is 0 Å². The predicted octanol–water partition coefficient (Wildman–Crippen LogP) is 5.52. The molecule has 0 aliphatic carbocycles. The summed E-state index contributed by atoms with van der Waals surface area (Å²) in [5.41, 5.74) is 5.96. The third-order valence-electron chi connectivity index (χ3n) is 5.03. The Hall–Kier alpha value is -1.86. The molecule has 8 heteroatoms. The molecule has 3 heterocycles. The Balaban J connectivity index is 1.86. The third kappa shape index (κ3) is 4.08. The number of nitrogens with one attached hydrogen (secondary N) is 1. The van der Waals surface area contributed by atoms with Crippen LogP contribution in [0.1, 0.15) is 40.7 Å². The number of aryl methyl sites for hydroxylation is 1. The first-order chi connectivity index (χ1) is 14.0. The highest BCUT2D eigenvalue weighted by Crippen LogP contribution is 2.36. The number of hydrogen-bond acceptors (Lipinski definition) is 4. The van der Waals surface area contributed by atoms with E-state index in [9.17, 15) is 4.79 Å². The van der Waals surface area contributed by atoms with Crippen molar-refractivity contribution in [2.45, 2.75) is 33.1 Å². The molecule has 4 rings (SSSR count). The maximum atomic E-state index is 13.1. The summed E-state index contributed by atoms with van der Waals surface area (Å²) in [5, 5.41) is 7.74. The Labute approximate surface area is 184 Å². The second kappa shape index (κ2) is 8.48. The van der Waals surface area contributed by atoms with Crippen molar-refractivity contribution < 1.29 is 4.79 Å². The van der Waals surface area contributed by atoms with Gasteiger partial charge in [0.05, 0.1) is 21.3 Å². The Kier molecular flexibility index (Phi) is 5.97. The van der Waals surface area contributed by atoms with Crippen LogP contribution in [0.15, 0.2) is 30.3 Å². The van der Waals surface area contributed by atoms with Crippen LogP contribution in [0.2, 0.25) is 10.0 Å². The van der Waals surface area contributed by atoms with Gasteiger partial charge in [-0.1, -0.05) is 30.1 Å². The van der Waals surface area contributed by atoms with Gasteiger partial charge in [0.2, 0.25) is 0 Å². The van der Waals surface area contributed by atoms with Crippen molar-refractivity contribution >= 4 is 40.4 Å². The Morgan fingerprint density at radius 2 is 1.97 bits per heavy atom. The summed E-state index contributed by atoms with van der Waals surface area (Å²) >= 11 is 14.3. The van der Waals surface area contributed by atoms with Crippen LogP contribution in [-0.2, 0) is 6.42 Å². The first kappa shape index (κ1) is 20.4. The van der Waals surface area contributed by atoms with Gasteiger partial charge in [0.25, 0.3) is 5.91 Å². The minimum atomic E-state index is -0.179. The molecule has 3 aromatic rings. The molecule has 0 bridgehead atoms. The van der Waals surface area contributed by atoms with Crippen molar-refractivity contribution in [3.8, 4) is 16.3 Å². The van der Waals surface area contributed by atoms with E-state index >= 15 is 0 Å². The van der Waals surface area contributed by atoms with Crippen LogP contribution in [0.25, 0.3) is 16.3 Å². The summed E-state index contributed by atoms with van der Waals surface area (Å²) in [6.07, 6.45) is 2.87. The molecule has 1 amide bonds. The van der Waals surface area contributed by atoms with Crippen LogP contribution < -0.4 is 5.43 Å². The molecule has 1 aromatic carbocycles. The monoisotopic (exact) mass is 448 g/mol. The topological polar surface area (TPSA) is 50.2 Å². The molecule has 0 radical (unpaired) electrons. The summed E-state index contributed by atoms with van der Waals surface area (Å²) in [5.74, 6) is -0.179. The van der Waals surface area contributed by atoms with Gasteiger partial charge in [0.15, 0.2) is 5.69 Å². The minimum Gasteiger partial charge on any atom is -0.283 e. The standard InChI is InChI=1S/C21H22Cl2N4OS/c1-3-15-19(21(28)25-26-10-4-5-11-26)24-27(17-8-7-14(22)12-16(17)23)20(15)18-9-6-13(2)29-18/h6-9,12H,3-5,10-11H2,1-2H3,(H,25,28). The Morgan fingerprint density at radius 1 is 1.21 bits per heavy atom. The number of thiophene rings is 1.